The van der Waals surface area contributed by atoms with Gasteiger partial charge in [0.05, 0.1) is 11.9 Å². The first-order valence-electron chi connectivity index (χ1n) is 8.10. The number of thiazole rings is 1. The van der Waals surface area contributed by atoms with Crippen molar-refractivity contribution in [2.45, 2.75) is 13.8 Å². The minimum absolute atomic E-state index is 0.796. The number of rotatable bonds is 4. The van der Waals surface area contributed by atoms with Crippen LogP contribution >= 0.6 is 11.3 Å². The lowest BCUT2D eigenvalue weighted by Crippen LogP contribution is -1.89. The number of hydrazone groups is 1. The molecule has 0 aliphatic carbocycles. The number of aryl methyl sites for hydroxylation is 2. The summed E-state index contributed by atoms with van der Waals surface area (Å²) < 4.78 is 0. The van der Waals surface area contributed by atoms with Crippen molar-refractivity contribution < 1.29 is 0 Å². The Hall–Kier alpha value is -2.92. The third-order valence-corrected chi connectivity index (χ3v) is 4.98. The van der Waals surface area contributed by atoms with E-state index in [0.29, 0.717) is 0 Å². The monoisotopic (exact) mass is 346 g/mol. The van der Waals surface area contributed by atoms with Gasteiger partial charge in [-0.05, 0) is 19.9 Å². The normalized spacial score (nSPS) is 11.4. The molecule has 0 fully saturated rings. The minimum atomic E-state index is 0.796. The molecular formula is C20H18N4S. The standard InChI is InChI=1S/C20H18N4S/c1-13-7-9-15(10-8-13)19-14(2)25-20(23-19)24-22-12-16-11-21-18-6-4-3-5-17(16)18/h3-12,21H,1-2H3,(H,23,24)/b22-12+. The van der Waals surface area contributed by atoms with Crippen LogP contribution in [-0.2, 0) is 0 Å². The summed E-state index contributed by atoms with van der Waals surface area (Å²) in [5.41, 5.74) is 8.60. The Morgan fingerprint density at radius 3 is 2.72 bits per heavy atom. The Balaban J connectivity index is 1.53. The van der Waals surface area contributed by atoms with E-state index in [1.807, 2.05) is 24.5 Å². The van der Waals surface area contributed by atoms with E-state index in [2.05, 4.69) is 70.7 Å². The molecule has 0 aliphatic heterocycles. The van der Waals surface area contributed by atoms with E-state index in [1.54, 1.807) is 11.3 Å². The van der Waals surface area contributed by atoms with Crippen molar-refractivity contribution in [3.05, 3.63) is 70.7 Å². The summed E-state index contributed by atoms with van der Waals surface area (Å²) in [7, 11) is 0. The van der Waals surface area contributed by atoms with Gasteiger partial charge in [-0.15, -0.1) is 11.3 Å². The zero-order valence-electron chi connectivity index (χ0n) is 14.1. The quantitative estimate of drug-likeness (QED) is 0.386. The molecule has 0 saturated heterocycles. The van der Waals surface area contributed by atoms with Gasteiger partial charge in [0.2, 0.25) is 5.13 Å². The fourth-order valence-electron chi connectivity index (χ4n) is 2.78. The second-order valence-corrected chi connectivity index (χ2v) is 7.15. The molecule has 2 aromatic carbocycles. The second-order valence-electron chi connectivity index (χ2n) is 5.95. The SMILES string of the molecule is Cc1ccc(-c2nc(N/N=C/c3c[nH]c4ccccc34)sc2C)cc1. The van der Waals surface area contributed by atoms with Crippen molar-refractivity contribution in [1.29, 1.82) is 0 Å². The number of fused-ring (bicyclic) bond motifs is 1. The number of anilines is 1. The van der Waals surface area contributed by atoms with Crippen molar-refractivity contribution in [3.63, 3.8) is 0 Å². The van der Waals surface area contributed by atoms with Crippen LogP contribution in [0.5, 0.6) is 0 Å². The lowest BCUT2D eigenvalue weighted by atomic mass is 10.1. The molecule has 0 atom stereocenters. The molecule has 4 rings (SSSR count). The van der Waals surface area contributed by atoms with Crippen LogP contribution < -0.4 is 5.43 Å². The Labute approximate surface area is 150 Å². The second kappa shape index (κ2) is 6.53. The van der Waals surface area contributed by atoms with Gasteiger partial charge in [0.25, 0.3) is 0 Å². The highest BCUT2D eigenvalue weighted by atomic mass is 32.1. The number of para-hydroxylation sites is 1. The van der Waals surface area contributed by atoms with E-state index >= 15 is 0 Å². The smallest absolute Gasteiger partial charge is 0.204 e. The zero-order chi connectivity index (χ0) is 17.2. The van der Waals surface area contributed by atoms with Crippen LogP contribution in [-0.4, -0.2) is 16.2 Å². The fourth-order valence-corrected chi connectivity index (χ4v) is 3.57. The van der Waals surface area contributed by atoms with E-state index in [4.69, 9.17) is 0 Å². The van der Waals surface area contributed by atoms with Gasteiger partial charge in [0.1, 0.15) is 0 Å². The van der Waals surface area contributed by atoms with Crippen molar-refractivity contribution in [3.8, 4) is 11.3 Å². The maximum Gasteiger partial charge on any atom is 0.204 e. The maximum absolute atomic E-state index is 4.68. The number of aromatic amines is 1. The molecule has 4 nitrogen and oxygen atoms in total. The van der Waals surface area contributed by atoms with Gasteiger partial charge < -0.3 is 4.98 Å². The largest absolute Gasteiger partial charge is 0.361 e. The summed E-state index contributed by atoms with van der Waals surface area (Å²) in [6.07, 6.45) is 3.78. The molecule has 0 saturated carbocycles. The number of aromatic nitrogens is 2. The molecule has 25 heavy (non-hydrogen) atoms. The molecule has 0 amide bonds. The highest BCUT2D eigenvalue weighted by Crippen LogP contribution is 2.30. The van der Waals surface area contributed by atoms with Crippen LogP contribution in [0.15, 0.2) is 59.8 Å². The third-order valence-electron chi connectivity index (χ3n) is 4.11. The van der Waals surface area contributed by atoms with E-state index in [1.165, 1.54) is 10.4 Å². The van der Waals surface area contributed by atoms with Crippen LogP contribution in [0.25, 0.3) is 22.2 Å². The van der Waals surface area contributed by atoms with Gasteiger partial charge in [0, 0.05) is 33.1 Å². The lowest BCUT2D eigenvalue weighted by Gasteiger charge is -1.99. The molecule has 2 aromatic heterocycles. The zero-order valence-corrected chi connectivity index (χ0v) is 14.9. The number of hydrogen-bond acceptors (Lipinski definition) is 4. The Kier molecular flexibility index (Phi) is 4.07. The topological polar surface area (TPSA) is 53.1 Å². The van der Waals surface area contributed by atoms with E-state index in [9.17, 15) is 0 Å². The molecule has 0 unspecified atom stereocenters. The summed E-state index contributed by atoms with van der Waals surface area (Å²) in [4.78, 5) is 9.10. The summed E-state index contributed by atoms with van der Waals surface area (Å²) in [5, 5.41) is 6.30. The fraction of sp³-hybridized carbons (Fsp3) is 0.100. The molecular weight excluding hydrogens is 328 g/mol. The van der Waals surface area contributed by atoms with Crippen molar-refractivity contribution >= 4 is 33.6 Å². The molecule has 2 heterocycles. The van der Waals surface area contributed by atoms with Gasteiger partial charge in [-0.1, -0.05) is 48.0 Å². The van der Waals surface area contributed by atoms with E-state index < -0.39 is 0 Å². The molecule has 0 aliphatic rings. The third kappa shape index (κ3) is 3.19. The first kappa shape index (κ1) is 15.6. The van der Waals surface area contributed by atoms with Crippen molar-refractivity contribution in [1.82, 2.24) is 9.97 Å². The molecule has 4 aromatic rings. The van der Waals surface area contributed by atoms with Gasteiger partial charge >= 0.3 is 0 Å². The number of H-pyrrole nitrogens is 1. The highest BCUT2D eigenvalue weighted by Gasteiger charge is 2.09. The molecule has 2 N–H and O–H groups in total. The molecule has 0 bridgehead atoms. The predicted molar refractivity (Wildman–Crippen MR) is 107 cm³/mol. The van der Waals surface area contributed by atoms with Crippen LogP contribution in [0, 0.1) is 13.8 Å². The molecule has 0 spiro atoms. The van der Waals surface area contributed by atoms with Crippen molar-refractivity contribution in [2.75, 3.05) is 5.43 Å². The number of hydrogen-bond donors (Lipinski definition) is 2. The lowest BCUT2D eigenvalue weighted by molar-refractivity contribution is 1.28. The minimum Gasteiger partial charge on any atom is -0.361 e. The summed E-state index contributed by atoms with van der Waals surface area (Å²) in [6, 6.07) is 16.6. The van der Waals surface area contributed by atoms with Gasteiger partial charge in [-0.3, -0.25) is 5.43 Å². The van der Waals surface area contributed by atoms with Crippen LogP contribution in [0.2, 0.25) is 0 Å². The Morgan fingerprint density at radius 1 is 1.08 bits per heavy atom. The summed E-state index contributed by atoms with van der Waals surface area (Å²) in [5.74, 6) is 0. The van der Waals surface area contributed by atoms with Gasteiger partial charge in [-0.2, -0.15) is 5.10 Å². The van der Waals surface area contributed by atoms with E-state index in [0.717, 1.165) is 32.9 Å². The predicted octanol–water partition coefficient (Wildman–Crippen LogP) is 5.35. The number of nitrogens with zero attached hydrogens (tertiary/aromatic N) is 2. The molecule has 124 valence electrons. The van der Waals surface area contributed by atoms with Gasteiger partial charge in [-0.25, -0.2) is 4.98 Å². The Bertz CT molecular complexity index is 1040. The molecule has 5 heteroatoms. The van der Waals surface area contributed by atoms with Crippen molar-refractivity contribution in [2.24, 2.45) is 5.10 Å². The Morgan fingerprint density at radius 2 is 1.88 bits per heavy atom. The first-order valence-corrected chi connectivity index (χ1v) is 8.92. The highest BCUT2D eigenvalue weighted by molar-refractivity contribution is 7.15. The average Bonchev–Trinajstić information content (AvgIpc) is 3.20. The van der Waals surface area contributed by atoms with Crippen LogP contribution in [0.3, 0.4) is 0 Å². The number of benzene rings is 2. The average molecular weight is 346 g/mol. The molecule has 0 radical (unpaired) electrons. The first-order chi connectivity index (χ1) is 12.2. The summed E-state index contributed by atoms with van der Waals surface area (Å²) >= 11 is 1.61. The summed E-state index contributed by atoms with van der Waals surface area (Å²) in [6.45, 7) is 4.17. The van der Waals surface area contributed by atoms with Crippen LogP contribution in [0.1, 0.15) is 16.0 Å². The number of nitrogens with one attached hydrogen (secondary N) is 2. The van der Waals surface area contributed by atoms with E-state index in [-0.39, 0.29) is 0 Å². The van der Waals surface area contributed by atoms with Crippen LogP contribution in [0.4, 0.5) is 5.13 Å². The van der Waals surface area contributed by atoms with Gasteiger partial charge in [0.15, 0.2) is 0 Å². The maximum atomic E-state index is 4.68.